The highest BCUT2D eigenvalue weighted by molar-refractivity contribution is 8.76. The molecule has 2 rings (SSSR count). The van der Waals surface area contributed by atoms with Gasteiger partial charge in [0.25, 0.3) is 0 Å². The Bertz CT molecular complexity index is 1110. The van der Waals surface area contributed by atoms with Crippen LogP contribution in [0, 0.1) is 0 Å². The van der Waals surface area contributed by atoms with Crippen LogP contribution < -0.4 is 10.6 Å². The molecular formula is C50H90N2S2+2. The van der Waals surface area contributed by atoms with Gasteiger partial charge in [0.2, 0.25) is 0 Å². The van der Waals surface area contributed by atoms with Crippen LogP contribution in [-0.2, 0) is 34.7 Å². The third kappa shape index (κ3) is 22.1. The van der Waals surface area contributed by atoms with Gasteiger partial charge in [0.15, 0.2) is 0 Å². The van der Waals surface area contributed by atoms with E-state index < -0.39 is 0 Å². The number of unbranched alkanes of at least 4 members (excludes halogenated alkanes) is 14. The Morgan fingerprint density at radius 3 is 0.833 bits per heavy atom. The molecule has 0 saturated carbocycles. The lowest BCUT2D eigenvalue weighted by Crippen LogP contribution is -2.82. The summed E-state index contributed by atoms with van der Waals surface area (Å²) in [6.07, 6.45) is 22.5. The molecule has 0 unspecified atom stereocenters. The van der Waals surface area contributed by atoms with Crippen molar-refractivity contribution in [1.82, 2.24) is 0 Å². The van der Waals surface area contributed by atoms with Crippen LogP contribution in [0.25, 0.3) is 0 Å². The number of benzene rings is 2. The van der Waals surface area contributed by atoms with Crippen LogP contribution in [0.5, 0.6) is 0 Å². The minimum atomic E-state index is 0.201. The third-order valence-corrected chi connectivity index (χ3v) is 13.6. The largest absolute Gasteiger partial charge is 0.343 e. The molecule has 0 spiro atoms. The number of nitrogens with two attached hydrogens (primary N) is 2. The van der Waals surface area contributed by atoms with Gasteiger partial charge < -0.3 is 10.6 Å². The molecule has 2 aromatic carbocycles. The van der Waals surface area contributed by atoms with Gasteiger partial charge >= 0.3 is 0 Å². The molecule has 2 aromatic rings. The maximum Gasteiger partial charge on any atom is 0.101 e. The van der Waals surface area contributed by atoms with Crippen molar-refractivity contribution in [3.8, 4) is 0 Å². The second-order valence-corrected chi connectivity index (χ2v) is 23.4. The molecule has 310 valence electrons. The molecule has 0 atom stereocenters. The molecular weight excluding hydrogens is 693 g/mol. The van der Waals surface area contributed by atoms with Crippen molar-refractivity contribution in [2.45, 2.75) is 221 Å². The maximum absolute atomic E-state index is 2.53. The van der Waals surface area contributed by atoms with Crippen molar-refractivity contribution in [2.75, 3.05) is 24.6 Å². The van der Waals surface area contributed by atoms with Gasteiger partial charge in [0.05, 0.1) is 13.1 Å². The minimum Gasteiger partial charge on any atom is -0.343 e. The molecule has 0 aromatic heterocycles. The Hall–Kier alpha value is -0.940. The van der Waals surface area contributed by atoms with E-state index in [2.05, 4.69) is 152 Å². The maximum atomic E-state index is 2.53. The van der Waals surface area contributed by atoms with Crippen molar-refractivity contribution in [2.24, 2.45) is 0 Å². The molecule has 0 amide bonds. The predicted octanol–water partition coefficient (Wildman–Crippen LogP) is 13.3. The number of hydrogen-bond donors (Lipinski definition) is 2. The van der Waals surface area contributed by atoms with E-state index in [-0.39, 0.29) is 21.7 Å². The van der Waals surface area contributed by atoms with Crippen LogP contribution in [-0.4, -0.2) is 24.6 Å². The zero-order chi connectivity index (χ0) is 40.1. The quantitative estimate of drug-likeness (QED) is 0.0699. The zero-order valence-corrected chi connectivity index (χ0v) is 39.6. The van der Waals surface area contributed by atoms with E-state index in [9.17, 15) is 0 Å². The second-order valence-electron chi connectivity index (χ2n) is 20.7. The minimum absolute atomic E-state index is 0.201. The van der Waals surface area contributed by atoms with Crippen LogP contribution in [0.2, 0.25) is 0 Å². The fourth-order valence-corrected chi connectivity index (χ4v) is 9.32. The van der Waals surface area contributed by atoms with E-state index in [4.69, 9.17) is 0 Å². The van der Waals surface area contributed by atoms with Crippen LogP contribution >= 0.6 is 21.6 Å². The van der Waals surface area contributed by atoms with E-state index in [1.54, 1.807) is 0 Å². The second kappa shape index (κ2) is 25.4. The van der Waals surface area contributed by atoms with Crippen molar-refractivity contribution in [3.05, 3.63) is 69.8 Å². The third-order valence-electron chi connectivity index (χ3n) is 11.1. The van der Waals surface area contributed by atoms with Gasteiger partial charge in [0, 0.05) is 22.6 Å². The van der Waals surface area contributed by atoms with E-state index >= 15 is 0 Å². The Kier molecular flexibility index (Phi) is 23.2. The van der Waals surface area contributed by atoms with E-state index in [0.717, 1.165) is 13.1 Å². The molecule has 0 aliphatic carbocycles. The van der Waals surface area contributed by atoms with Gasteiger partial charge in [-0.3, -0.25) is 0 Å². The highest BCUT2D eigenvalue weighted by atomic mass is 33.1. The summed E-state index contributed by atoms with van der Waals surface area (Å²) >= 11 is 0. The van der Waals surface area contributed by atoms with Gasteiger partial charge in [0.1, 0.15) is 13.1 Å². The van der Waals surface area contributed by atoms with Crippen molar-refractivity contribution >= 4 is 21.6 Å². The highest BCUT2D eigenvalue weighted by Gasteiger charge is 2.22. The van der Waals surface area contributed by atoms with Gasteiger partial charge in [-0.25, -0.2) is 0 Å². The lowest BCUT2D eigenvalue weighted by atomic mass is 9.79. The van der Waals surface area contributed by atoms with Gasteiger partial charge in [-0.1, -0.05) is 181 Å². The smallest absolute Gasteiger partial charge is 0.101 e. The molecule has 0 aliphatic rings. The fraction of sp³-hybridized carbons (Fsp3) is 0.760. The molecule has 54 heavy (non-hydrogen) atoms. The summed E-state index contributed by atoms with van der Waals surface area (Å²) in [5, 5.41) is 5.06. The Labute approximate surface area is 345 Å². The number of quaternary nitrogens is 2. The Morgan fingerprint density at radius 2 is 0.574 bits per heavy atom. The monoisotopic (exact) mass is 783 g/mol. The van der Waals surface area contributed by atoms with Crippen molar-refractivity contribution < 1.29 is 10.6 Å². The summed E-state index contributed by atoms with van der Waals surface area (Å²) in [5.74, 6) is 2.68. The highest BCUT2D eigenvalue weighted by Crippen LogP contribution is 2.32. The normalized spacial score (nSPS) is 12.9. The summed E-state index contributed by atoms with van der Waals surface area (Å²) < 4.78 is 0. The summed E-state index contributed by atoms with van der Waals surface area (Å²) in [7, 11) is 4.26. The molecule has 4 heteroatoms. The lowest BCUT2D eigenvalue weighted by Gasteiger charge is -2.26. The Balaban J connectivity index is 1.34. The standard InChI is InChI=1S/C50H88N2S2/c1-47(2,3)43-33-41(34-44(37-43)48(4,5)6)39-51-29-25-21-17-13-15-19-23-27-31-53-54-32-28-24-20-16-14-18-22-26-30-52-40-42-35-45(49(7,8)9)38-46(36-42)50(10,11)12/h33-38,51-52H,13-32,39-40H2,1-12H3/p+2. The summed E-state index contributed by atoms with van der Waals surface area (Å²) in [4.78, 5) is 0. The zero-order valence-electron chi connectivity index (χ0n) is 38.0. The number of rotatable bonds is 27. The molecule has 0 bridgehead atoms. The first-order chi connectivity index (χ1) is 25.4. The Morgan fingerprint density at radius 1 is 0.333 bits per heavy atom. The van der Waals surface area contributed by atoms with Gasteiger partial charge in [-0.2, -0.15) is 0 Å². The van der Waals surface area contributed by atoms with E-state index in [1.165, 1.54) is 161 Å². The average Bonchev–Trinajstić information content (AvgIpc) is 3.08. The molecule has 4 N–H and O–H groups in total. The molecule has 2 nitrogen and oxygen atoms in total. The first-order valence-electron chi connectivity index (χ1n) is 22.5. The first-order valence-corrected chi connectivity index (χ1v) is 25.0. The summed E-state index contributed by atoms with van der Waals surface area (Å²) in [6, 6.07) is 14.7. The fourth-order valence-electron chi connectivity index (χ4n) is 7.03. The predicted molar refractivity (Wildman–Crippen MR) is 247 cm³/mol. The summed E-state index contributed by atoms with van der Waals surface area (Å²) in [5.41, 5.74) is 9.69. The van der Waals surface area contributed by atoms with Crippen LogP contribution in [0.4, 0.5) is 0 Å². The molecule has 0 heterocycles. The molecule has 0 radical (unpaired) electrons. The topological polar surface area (TPSA) is 33.2 Å². The number of hydrogen-bond acceptors (Lipinski definition) is 2. The molecule has 0 fully saturated rings. The summed E-state index contributed by atoms with van der Waals surface area (Å²) in [6.45, 7) is 32.8. The van der Waals surface area contributed by atoms with Crippen LogP contribution in [0.15, 0.2) is 36.4 Å². The van der Waals surface area contributed by atoms with E-state index in [0.29, 0.717) is 0 Å². The first kappa shape index (κ1) is 49.2. The SMILES string of the molecule is CC(C)(C)c1cc(C[NH2+]CCCCCCCCCCSSCCCCCCCCCC[NH2+]Cc2cc(C(C)(C)C)cc(C(C)(C)C)c2)cc(C(C)(C)C)c1. The van der Waals surface area contributed by atoms with Gasteiger partial charge in [-0.05, 0) is 107 Å². The van der Waals surface area contributed by atoms with Crippen molar-refractivity contribution in [1.29, 1.82) is 0 Å². The molecule has 0 aliphatic heterocycles. The average molecular weight is 783 g/mol. The molecule has 0 saturated heterocycles. The van der Waals surface area contributed by atoms with Gasteiger partial charge in [-0.15, -0.1) is 0 Å². The van der Waals surface area contributed by atoms with Crippen LogP contribution in [0.1, 0.15) is 219 Å². The van der Waals surface area contributed by atoms with Crippen LogP contribution in [0.3, 0.4) is 0 Å². The van der Waals surface area contributed by atoms with Crippen molar-refractivity contribution in [3.63, 3.8) is 0 Å². The lowest BCUT2D eigenvalue weighted by molar-refractivity contribution is -0.671. The van der Waals surface area contributed by atoms with E-state index in [1.807, 2.05) is 0 Å².